The van der Waals surface area contributed by atoms with Crippen LogP contribution in [-0.4, -0.2) is 52.9 Å². The van der Waals surface area contributed by atoms with Gasteiger partial charge in [0.25, 0.3) is 0 Å². The van der Waals surface area contributed by atoms with Crippen LogP contribution in [0.15, 0.2) is 17.5 Å². The highest BCUT2D eigenvalue weighted by Gasteiger charge is 2.23. The van der Waals surface area contributed by atoms with Crippen molar-refractivity contribution in [2.24, 2.45) is 0 Å². The fraction of sp³-hybridized carbons (Fsp3) is 0.538. The lowest BCUT2D eigenvalue weighted by atomic mass is 10.2. The molecule has 2 atom stereocenters. The minimum atomic E-state index is -1.15. The number of rotatable bonds is 7. The number of carboxylic acids is 1. The quantitative estimate of drug-likeness (QED) is 0.705. The van der Waals surface area contributed by atoms with Crippen molar-refractivity contribution in [3.05, 3.63) is 22.4 Å². The summed E-state index contributed by atoms with van der Waals surface area (Å²) in [6, 6.07) is 2.39. The van der Waals surface area contributed by atoms with Gasteiger partial charge in [-0.05, 0) is 18.4 Å². The average Bonchev–Trinajstić information content (AvgIpc) is 2.89. The molecule has 0 aromatic carbocycles. The van der Waals surface area contributed by atoms with Crippen LogP contribution < -0.4 is 5.32 Å². The topological polar surface area (TPSA) is 89.9 Å². The maximum absolute atomic E-state index is 12.0. The van der Waals surface area contributed by atoms with E-state index in [1.165, 1.54) is 9.78 Å². The molecule has 6 nitrogen and oxygen atoms in total. The molecule has 0 aliphatic carbocycles. The fourth-order valence-corrected chi connectivity index (χ4v) is 2.52. The minimum absolute atomic E-state index is 0.00574. The maximum Gasteiger partial charge on any atom is 0.326 e. The first kappa shape index (κ1) is 16.5. The van der Waals surface area contributed by atoms with Crippen molar-refractivity contribution in [3.8, 4) is 0 Å². The van der Waals surface area contributed by atoms with Gasteiger partial charge in [-0.15, -0.1) is 11.3 Å². The molecule has 0 saturated carbocycles. The predicted octanol–water partition coefficient (Wildman–Crippen LogP) is 1.16. The zero-order chi connectivity index (χ0) is 15.1. The number of amides is 2. The molecule has 2 amide bonds. The molecule has 7 heteroatoms. The van der Waals surface area contributed by atoms with Crippen molar-refractivity contribution in [3.63, 3.8) is 0 Å². The van der Waals surface area contributed by atoms with E-state index in [1.54, 1.807) is 18.4 Å². The average molecular weight is 300 g/mol. The zero-order valence-electron chi connectivity index (χ0n) is 11.6. The number of aliphatic hydroxyl groups excluding tert-OH is 1. The number of hydrogen-bond donors (Lipinski definition) is 3. The van der Waals surface area contributed by atoms with Gasteiger partial charge in [0.05, 0.1) is 0 Å². The number of carbonyl (C=O) groups excluding carboxylic acids is 1. The normalized spacial score (nSPS) is 13.6. The van der Waals surface area contributed by atoms with Crippen LogP contribution in [0.1, 0.15) is 18.2 Å². The van der Waals surface area contributed by atoms with Gasteiger partial charge in [0, 0.05) is 37.4 Å². The van der Waals surface area contributed by atoms with Crippen molar-refractivity contribution in [2.45, 2.75) is 31.8 Å². The molecule has 1 aromatic rings. The summed E-state index contributed by atoms with van der Waals surface area (Å²) in [5.74, 6) is -1.15. The number of nitrogens with zero attached hydrogens (tertiary/aromatic N) is 1. The van der Waals surface area contributed by atoms with Crippen LogP contribution in [-0.2, 0) is 11.2 Å². The lowest BCUT2D eigenvalue weighted by Gasteiger charge is -2.26. The molecular formula is C13H20N2O4S. The Labute approximate surface area is 122 Å². The van der Waals surface area contributed by atoms with E-state index in [4.69, 9.17) is 10.2 Å². The van der Waals surface area contributed by atoms with Crippen molar-refractivity contribution >= 4 is 23.3 Å². The summed E-state index contributed by atoms with van der Waals surface area (Å²) in [5, 5.41) is 22.1. The molecule has 1 aromatic heterocycles. The van der Waals surface area contributed by atoms with E-state index in [-0.39, 0.29) is 19.1 Å². The molecule has 20 heavy (non-hydrogen) atoms. The molecule has 1 rings (SSSR count). The Morgan fingerprint density at radius 1 is 1.50 bits per heavy atom. The third-order valence-corrected chi connectivity index (χ3v) is 3.97. The van der Waals surface area contributed by atoms with E-state index in [0.717, 1.165) is 6.42 Å². The Bertz CT molecular complexity index is 436. The van der Waals surface area contributed by atoms with E-state index in [2.05, 4.69) is 5.32 Å². The van der Waals surface area contributed by atoms with Crippen LogP contribution in [0.4, 0.5) is 4.79 Å². The van der Waals surface area contributed by atoms with Crippen molar-refractivity contribution < 1.29 is 19.8 Å². The summed E-state index contributed by atoms with van der Waals surface area (Å²) in [7, 11) is 1.63. The molecule has 0 radical (unpaired) electrons. The summed E-state index contributed by atoms with van der Waals surface area (Å²) in [5.41, 5.74) is 0. The Morgan fingerprint density at radius 2 is 2.20 bits per heavy atom. The van der Waals surface area contributed by atoms with Crippen LogP contribution >= 0.6 is 11.3 Å². The lowest BCUT2D eigenvalue weighted by molar-refractivity contribution is -0.139. The molecule has 0 aliphatic rings. The molecule has 0 saturated heterocycles. The van der Waals surface area contributed by atoms with Crippen LogP contribution in [0.25, 0.3) is 0 Å². The highest BCUT2D eigenvalue weighted by molar-refractivity contribution is 7.09. The summed E-state index contributed by atoms with van der Waals surface area (Å²) in [4.78, 5) is 25.6. The van der Waals surface area contributed by atoms with Gasteiger partial charge in [-0.25, -0.2) is 9.59 Å². The number of hydrogen-bond acceptors (Lipinski definition) is 4. The number of aliphatic carboxylic acids is 1. The van der Waals surface area contributed by atoms with Gasteiger partial charge in [0.1, 0.15) is 6.04 Å². The minimum Gasteiger partial charge on any atom is -0.480 e. The number of carbonyl (C=O) groups is 2. The lowest BCUT2D eigenvalue weighted by Crippen LogP contribution is -2.49. The largest absolute Gasteiger partial charge is 0.480 e. The number of aliphatic hydroxyl groups is 1. The molecule has 0 bridgehead atoms. The van der Waals surface area contributed by atoms with Crippen LogP contribution in [0.3, 0.4) is 0 Å². The van der Waals surface area contributed by atoms with E-state index in [1.807, 2.05) is 24.4 Å². The second-order valence-electron chi connectivity index (χ2n) is 4.60. The second kappa shape index (κ2) is 7.86. The van der Waals surface area contributed by atoms with Crippen molar-refractivity contribution in [2.75, 3.05) is 13.7 Å². The van der Waals surface area contributed by atoms with Crippen molar-refractivity contribution in [1.82, 2.24) is 10.2 Å². The molecule has 0 aliphatic heterocycles. The molecule has 1 heterocycles. The van der Waals surface area contributed by atoms with Gasteiger partial charge in [-0.3, -0.25) is 0 Å². The smallest absolute Gasteiger partial charge is 0.326 e. The van der Waals surface area contributed by atoms with Crippen LogP contribution in [0.2, 0.25) is 0 Å². The Balaban J connectivity index is 2.54. The molecule has 112 valence electrons. The van der Waals surface area contributed by atoms with Gasteiger partial charge >= 0.3 is 12.0 Å². The molecule has 2 unspecified atom stereocenters. The maximum atomic E-state index is 12.0. The SMILES string of the molecule is CC(Cc1cccs1)N(C)C(=O)NC(CCO)C(=O)O. The monoisotopic (exact) mass is 300 g/mol. The third kappa shape index (κ3) is 4.82. The summed E-state index contributed by atoms with van der Waals surface area (Å²) in [6.45, 7) is 1.62. The van der Waals surface area contributed by atoms with E-state index < -0.39 is 18.0 Å². The number of likely N-dealkylation sites (N-methyl/N-ethyl adjacent to an activating group) is 1. The Hall–Kier alpha value is -1.60. The number of urea groups is 1. The Kier molecular flexibility index (Phi) is 6.47. The van der Waals surface area contributed by atoms with E-state index in [9.17, 15) is 9.59 Å². The third-order valence-electron chi connectivity index (χ3n) is 3.07. The first-order valence-electron chi connectivity index (χ1n) is 6.35. The van der Waals surface area contributed by atoms with E-state index in [0.29, 0.717) is 0 Å². The standard InChI is InChI=1S/C13H20N2O4S/c1-9(8-10-4-3-7-20-10)15(2)13(19)14-11(5-6-16)12(17)18/h3-4,7,9,11,16H,5-6,8H2,1-2H3,(H,14,19)(H,17,18). The summed E-state index contributed by atoms with van der Waals surface area (Å²) in [6.07, 6.45) is 0.716. The van der Waals surface area contributed by atoms with Gasteiger partial charge in [0.15, 0.2) is 0 Å². The van der Waals surface area contributed by atoms with Crippen LogP contribution in [0.5, 0.6) is 0 Å². The first-order valence-corrected chi connectivity index (χ1v) is 7.23. The van der Waals surface area contributed by atoms with Gasteiger partial charge in [-0.2, -0.15) is 0 Å². The van der Waals surface area contributed by atoms with Gasteiger partial charge < -0.3 is 20.4 Å². The fourth-order valence-electron chi connectivity index (χ4n) is 1.69. The highest BCUT2D eigenvalue weighted by Crippen LogP contribution is 2.13. The highest BCUT2D eigenvalue weighted by atomic mass is 32.1. The van der Waals surface area contributed by atoms with Crippen molar-refractivity contribution in [1.29, 1.82) is 0 Å². The molecule has 3 N–H and O–H groups in total. The Morgan fingerprint density at radius 3 is 2.70 bits per heavy atom. The van der Waals surface area contributed by atoms with Gasteiger partial charge in [-0.1, -0.05) is 6.07 Å². The molecule has 0 fully saturated rings. The number of nitrogens with one attached hydrogen (secondary N) is 1. The summed E-state index contributed by atoms with van der Waals surface area (Å²) < 4.78 is 0. The molecule has 0 spiro atoms. The van der Waals surface area contributed by atoms with Crippen LogP contribution in [0, 0.1) is 0 Å². The second-order valence-corrected chi connectivity index (χ2v) is 5.63. The zero-order valence-corrected chi connectivity index (χ0v) is 12.4. The van der Waals surface area contributed by atoms with Gasteiger partial charge in [0.2, 0.25) is 0 Å². The van der Waals surface area contributed by atoms with E-state index >= 15 is 0 Å². The molecular weight excluding hydrogens is 280 g/mol. The first-order chi connectivity index (χ1) is 9.45. The predicted molar refractivity (Wildman–Crippen MR) is 76.9 cm³/mol. The summed E-state index contributed by atoms with van der Waals surface area (Å²) >= 11 is 1.62. The number of carboxylic acid groups (broad SMARTS) is 1. The number of thiophene rings is 1.